The van der Waals surface area contributed by atoms with Crippen molar-refractivity contribution >= 4 is 5.65 Å². The molecule has 2 aromatic rings. The van der Waals surface area contributed by atoms with Crippen LogP contribution in [0.25, 0.3) is 5.65 Å². The molecular weight excluding hydrogens is 190 g/mol. The van der Waals surface area contributed by atoms with Crippen LogP contribution in [-0.2, 0) is 17.9 Å². The van der Waals surface area contributed by atoms with E-state index in [2.05, 4.69) is 4.98 Å². The summed E-state index contributed by atoms with van der Waals surface area (Å²) in [5.41, 5.74) is 9.73. The molecule has 0 aliphatic heterocycles. The van der Waals surface area contributed by atoms with Crippen molar-refractivity contribution < 1.29 is 4.74 Å². The van der Waals surface area contributed by atoms with E-state index in [-0.39, 0.29) is 0 Å². The number of ether oxygens (including phenoxy) is 1. The summed E-state index contributed by atoms with van der Waals surface area (Å²) in [5.74, 6) is 0. The Morgan fingerprint density at radius 2 is 2.27 bits per heavy atom. The summed E-state index contributed by atoms with van der Waals surface area (Å²) in [5, 5.41) is 0. The first-order valence-corrected chi connectivity index (χ1v) is 4.91. The first kappa shape index (κ1) is 10.1. The van der Waals surface area contributed by atoms with Gasteiger partial charge in [0.1, 0.15) is 5.65 Å². The van der Waals surface area contributed by atoms with Crippen molar-refractivity contribution in [1.82, 2.24) is 9.38 Å². The standard InChI is InChI=1S/C11H15N3O/c1-8-10(7-15-2)14-6-9(5-12)3-4-11(14)13-8/h3-4,6H,5,7,12H2,1-2H3. The van der Waals surface area contributed by atoms with Gasteiger partial charge < -0.3 is 14.9 Å². The molecule has 0 amide bonds. The molecule has 4 nitrogen and oxygen atoms in total. The summed E-state index contributed by atoms with van der Waals surface area (Å²) >= 11 is 0. The van der Waals surface area contributed by atoms with E-state index in [1.165, 1.54) is 0 Å². The van der Waals surface area contributed by atoms with Crippen LogP contribution in [0.1, 0.15) is 17.0 Å². The highest BCUT2D eigenvalue weighted by Crippen LogP contribution is 2.14. The summed E-state index contributed by atoms with van der Waals surface area (Å²) in [4.78, 5) is 4.45. The van der Waals surface area contributed by atoms with Gasteiger partial charge in [-0.1, -0.05) is 6.07 Å². The number of aryl methyl sites for hydroxylation is 1. The minimum atomic E-state index is 0.541. The summed E-state index contributed by atoms with van der Waals surface area (Å²) in [6.45, 7) is 3.10. The lowest BCUT2D eigenvalue weighted by Gasteiger charge is -2.03. The smallest absolute Gasteiger partial charge is 0.137 e. The number of aromatic nitrogens is 2. The molecule has 0 aromatic carbocycles. The lowest BCUT2D eigenvalue weighted by molar-refractivity contribution is 0.180. The van der Waals surface area contributed by atoms with Gasteiger partial charge in [-0.3, -0.25) is 0 Å². The first-order valence-electron chi connectivity index (χ1n) is 4.91. The van der Waals surface area contributed by atoms with E-state index in [0.29, 0.717) is 13.2 Å². The second-order valence-electron chi connectivity index (χ2n) is 3.55. The van der Waals surface area contributed by atoms with Crippen LogP contribution in [0, 0.1) is 6.92 Å². The SMILES string of the molecule is COCc1c(C)nc2ccc(CN)cn12. The van der Waals surface area contributed by atoms with Crippen LogP contribution in [0.4, 0.5) is 0 Å². The Morgan fingerprint density at radius 3 is 2.93 bits per heavy atom. The van der Waals surface area contributed by atoms with Gasteiger partial charge in [-0.2, -0.15) is 0 Å². The molecule has 2 rings (SSSR count). The topological polar surface area (TPSA) is 52.5 Å². The number of fused-ring (bicyclic) bond motifs is 1. The molecule has 0 fully saturated rings. The molecule has 0 atom stereocenters. The number of pyridine rings is 1. The average molecular weight is 205 g/mol. The van der Waals surface area contributed by atoms with Crippen molar-refractivity contribution in [3.63, 3.8) is 0 Å². The largest absolute Gasteiger partial charge is 0.378 e. The molecule has 0 unspecified atom stereocenters. The molecule has 0 aliphatic rings. The quantitative estimate of drug-likeness (QED) is 0.820. The second kappa shape index (κ2) is 4.00. The van der Waals surface area contributed by atoms with E-state index in [0.717, 1.165) is 22.6 Å². The van der Waals surface area contributed by atoms with Gasteiger partial charge in [0.25, 0.3) is 0 Å². The third-order valence-corrected chi connectivity index (χ3v) is 2.50. The molecule has 2 N–H and O–H groups in total. The van der Waals surface area contributed by atoms with E-state index in [4.69, 9.17) is 10.5 Å². The molecule has 4 heteroatoms. The summed E-state index contributed by atoms with van der Waals surface area (Å²) in [6.07, 6.45) is 2.02. The zero-order valence-electron chi connectivity index (χ0n) is 9.03. The fourth-order valence-corrected chi connectivity index (χ4v) is 1.69. The fourth-order valence-electron chi connectivity index (χ4n) is 1.69. The van der Waals surface area contributed by atoms with E-state index in [1.54, 1.807) is 7.11 Å². The van der Waals surface area contributed by atoms with Crippen LogP contribution in [0.2, 0.25) is 0 Å². The molecule has 0 aliphatic carbocycles. The van der Waals surface area contributed by atoms with Crippen LogP contribution >= 0.6 is 0 Å². The van der Waals surface area contributed by atoms with Gasteiger partial charge in [0.05, 0.1) is 18.0 Å². The molecule has 15 heavy (non-hydrogen) atoms. The highest BCUT2D eigenvalue weighted by molar-refractivity contribution is 5.44. The Labute approximate surface area is 88.7 Å². The van der Waals surface area contributed by atoms with Crippen LogP contribution in [0.5, 0.6) is 0 Å². The molecule has 0 bridgehead atoms. The second-order valence-corrected chi connectivity index (χ2v) is 3.55. The minimum Gasteiger partial charge on any atom is -0.378 e. The number of methoxy groups -OCH3 is 1. The van der Waals surface area contributed by atoms with Gasteiger partial charge in [-0.15, -0.1) is 0 Å². The number of hydrogen-bond acceptors (Lipinski definition) is 3. The lowest BCUT2D eigenvalue weighted by Crippen LogP contribution is -2.01. The highest BCUT2D eigenvalue weighted by Gasteiger charge is 2.07. The molecule has 0 saturated carbocycles. The average Bonchev–Trinajstić information content (AvgIpc) is 2.55. The Hall–Kier alpha value is -1.39. The maximum absolute atomic E-state index is 5.61. The van der Waals surface area contributed by atoms with Gasteiger partial charge in [0.2, 0.25) is 0 Å². The third kappa shape index (κ3) is 1.73. The molecule has 2 heterocycles. The molecule has 0 spiro atoms. The normalized spacial score (nSPS) is 11.1. The Balaban J connectivity index is 2.61. The van der Waals surface area contributed by atoms with Crippen molar-refractivity contribution in [2.45, 2.75) is 20.1 Å². The number of nitrogens with zero attached hydrogens (tertiary/aromatic N) is 2. The van der Waals surface area contributed by atoms with Crippen LogP contribution in [0.15, 0.2) is 18.3 Å². The van der Waals surface area contributed by atoms with E-state index in [9.17, 15) is 0 Å². The third-order valence-electron chi connectivity index (χ3n) is 2.50. The van der Waals surface area contributed by atoms with Crippen molar-refractivity contribution in [3.05, 3.63) is 35.3 Å². The highest BCUT2D eigenvalue weighted by atomic mass is 16.5. The van der Waals surface area contributed by atoms with Crippen LogP contribution in [0.3, 0.4) is 0 Å². The van der Waals surface area contributed by atoms with Gasteiger partial charge in [-0.25, -0.2) is 4.98 Å². The summed E-state index contributed by atoms with van der Waals surface area (Å²) < 4.78 is 7.20. The van der Waals surface area contributed by atoms with E-state index in [1.807, 2.05) is 29.7 Å². The number of imidazole rings is 1. The molecule has 0 radical (unpaired) electrons. The van der Waals surface area contributed by atoms with E-state index >= 15 is 0 Å². The zero-order chi connectivity index (χ0) is 10.8. The van der Waals surface area contributed by atoms with Gasteiger partial charge in [-0.05, 0) is 18.6 Å². The maximum atomic E-state index is 5.61. The molecule has 80 valence electrons. The molecule has 0 saturated heterocycles. The van der Waals surface area contributed by atoms with Gasteiger partial charge in [0.15, 0.2) is 0 Å². The first-order chi connectivity index (χ1) is 7.26. The zero-order valence-corrected chi connectivity index (χ0v) is 9.03. The predicted molar refractivity (Wildman–Crippen MR) is 58.5 cm³/mol. The van der Waals surface area contributed by atoms with Gasteiger partial charge in [0, 0.05) is 19.9 Å². The molecule has 2 aromatic heterocycles. The number of rotatable bonds is 3. The molecular formula is C11H15N3O. The Morgan fingerprint density at radius 1 is 1.47 bits per heavy atom. The van der Waals surface area contributed by atoms with Crippen LogP contribution < -0.4 is 5.73 Å². The van der Waals surface area contributed by atoms with Crippen molar-refractivity contribution in [1.29, 1.82) is 0 Å². The van der Waals surface area contributed by atoms with Crippen molar-refractivity contribution in [2.75, 3.05) is 7.11 Å². The van der Waals surface area contributed by atoms with Gasteiger partial charge >= 0.3 is 0 Å². The number of nitrogens with two attached hydrogens (primary N) is 1. The summed E-state index contributed by atoms with van der Waals surface area (Å²) in [7, 11) is 1.69. The van der Waals surface area contributed by atoms with Crippen molar-refractivity contribution in [3.8, 4) is 0 Å². The number of hydrogen-bond donors (Lipinski definition) is 1. The monoisotopic (exact) mass is 205 g/mol. The maximum Gasteiger partial charge on any atom is 0.137 e. The van der Waals surface area contributed by atoms with Crippen molar-refractivity contribution in [2.24, 2.45) is 5.73 Å². The Kier molecular flexibility index (Phi) is 2.70. The Bertz CT molecular complexity index is 476. The fraction of sp³-hybridized carbons (Fsp3) is 0.364. The van der Waals surface area contributed by atoms with E-state index < -0.39 is 0 Å². The minimum absolute atomic E-state index is 0.541. The lowest BCUT2D eigenvalue weighted by atomic mass is 10.3. The summed E-state index contributed by atoms with van der Waals surface area (Å²) in [6, 6.07) is 3.98. The van der Waals surface area contributed by atoms with Crippen LogP contribution in [-0.4, -0.2) is 16.5 Å². The predicted octanol–water partition coefficient (Wildman–Crippen LogP) is 1.25.